The predicted octanol–water partition coefficient (Wildman–Crippen LogP) is 3.35. The van der Waals surface area contributed by atoms with E-state index in [4.69, 9.17) is 9.47 Å². The van der Waals surface area contributed by atoms with Gasteiger partial charge in [0, 0.05) is 25.2 Å². The summed E-state index contributed by atoms with van der Waals surface area (Å²) in [5.74, 6) is 1.22. The number of rotatable bonds is 3. The molecule has 0 unspecified atom stereocenters. The number of hydrogen-bond acceptors (Lipinski definition) is 5. The minimum absolute atomic E-state index is 0.0756. The maximum Gasteiger partial charge on any atom is 0.332 e. The molecule has 33 heavy (non-hydrogen) atoms. The number of halogens is 1. The first-order valence-electron chi connectivity index (χ1n) is 10.7. The zero-order valence-corrected chi connectivity index (χ0v) is 19.2. The van der Waals surface area contributed by atoms with Gasteiger partial charge in [0.25, 0.3) is 5.56 Å². The normalized spacial score (nSPS) is 12.1. The fourth-order valence-corrected chi connectivity index (χ4v) is 3.88. The number of nitrogens with zero attached hydrogens (tertiary/aromatic N) is 4. The van der Waals surface area contributed by atoms with Gasteiger partial charge in [-0.25, -0.2) is 14.2 Å². The average Bonchev–Trinajstić information content (AvgIpc) is 3.44. The minimum Gasteiger partial charge on any atom is -0.454 e. The maximum absolute atomic E-state index is 14.7. The van der Waals surface area contributed by atoms with Crippen molar-refractivity contribution in [2.45, 2.75) is 27.3 Å². The highest BCUT2D eigenvalue weighted by molar-refractivity contribution is 5.78. The van der Waals surface area contributed by atoms with Crippen LogP contribution >= 0.6 is 0 Å². The van der Waals surface area contributed by atoms with Crippen molar-refractivity contribution in [3.05, 3.63) is 74.2 Å². The van der Waals surface area contributed by atoms with Gasteiger partial charge < -0.3 is 14.0 Å². The van der Waals surface area contributed by atoms with E-state index in [9.17, 15) is 14.0 Å². The van der Waals surface area contributed by atoms with Crippen LogP contribution in [0.15, 0.2) is 46.0 Å². The molecular weight excluding hydrogens is 427 g/mol. The highest BCUT2D eigenvalue weighted by Crippen LogP contribution is 2.36. The Labute approximate surface area is 189 Å². The molecule has 0 bridgehead atoms. The molecule has 0 fully saturated rings. The van der Waals surface area contributed by atoms with Crippen LogP contribution in [0.25, 0.3) is 22.6 Å². The van der Waals surface area contributed by atoms with Crippen LogP contribution in [0, 0.1) is 12.7 Å². The summed E-state index contributed by atoms with van der Waals surface area (Å²) in [5.41, 5.74) is 1.33. The van der Waals surface area contributed by atoms with E-state index in [-0.39, 0.29) is 30.3 Å². The lowest BCUT2D eigenvalue weighted by atomic mass is 10.1. The Hall–Kier alpha value is -3.88. The van der Waals surface area contributed by atoms with Crippen LogP contribution < -0.4 is 20.7 Å². The first-order valence-corrected chi connectivity index (χ1v) is 10.7. The number of imidazole rings is 1. The van der Waals surface area contributed by atoms with E-state index < -0.39 is 11.2 Å². The van der Waals surface area contributed by atoms with Crippen LogP contribution in [0.4, 0.5) is 4.39 Å². The van der Waals surface area contributed by atoms with Crippen LogP contribution in [-0.2, 0) is 20.6 Å². The molecule has 0 saturated heterocycles. The molecule has 5 rings (SSSR count). The van der Waals surface area contributed by atoms with Gasteiger partial charge in [-0.1, -0.05) is 26.0 Å². The largest absolute Gasteiger partial charge is 0.454 e. The number of fused-ring (bicyclic) bond motifs is 2. The van der Waals surface area contributed by atoms with Gasteiger partial charge in [-0.3, -0.25) is 13.9 Å². The van der Waals surface area contributed by atoms with Crippen molar-refractivity contribution in [2.75, 3.05) is 6.79 Å². The number of hydrogen-bond donors (Lipinski definition) is 0. The first kappa shape index (κ1) is 22.3. The lowest BCUT2D eigenvalue weighted by Gasteiger charge is -2.13. The second-order valence-corrected chi connectivity index (χ2v) is 7.50. The number of aryl methyl sites for hydroxylation is 2. The SMILES string of the molecule is CC.Cc1cccc(F)c1Cn1c(-c2ccc3c(c2)OCO3)nc2c1c(=O)n(C)c(=O)n2C. The molecule has 0 spiro atoms. The molecule has 4 aromatic rings. The Bertz CT molecular complexity index is 1460. The van der Waals surface area contributed by atoms with Crippen LogP contribution in [0.1, 0.15) is 25.0 Å². The van der Waals surface area contributed by atoms with E-state index in [1.54, 1.807) is 35.9 Å². The summed E-state index contributed by atoms with van der Waals surface area (Å²) >= 11 is 0. The fourth-order valence-electron chi connectivity index (χ4n) is 3.88. The van der Waals surface area contributed by atoms with E-state index in [1.165, 1.54) is 17.7 Å². The monoisotopic (exact) mass is 452 g/mol. The van der Waals surface area contributed by atoms with Gasteiger partial charge in [-0.05, 0) is 36.8 Å². The summed E-state index contributed by atoms with van der Waals surface area (Å²) in [4.78, 5) is 30.1. The summed E-state index contributed by atoms with van der Waals surface area (Å²) in [7, 11) is 2.97. The van der Waals surface area contributed by atoms with E-state index in [1.807, 2.05) is 26.8 Å². The number of ether oxygens (including phenoxy) is 2. The second-order valence-electron chi connectivity index (χ2n) is 7.50. The summed E-state index contributed by atoms with van der Waals surface area (Å²) in [6.45, 7) is 6.01. The molecule has 172 valence electrons. The Morgan fingerprint density at radius 2 is 1.76 bits per heavy atom. The van der Waals surface area contributed by atoms with Gasteiger partial charge in [-0.2, -0.15) is 0 Å². The van der Waals surface area contributed by atoms with E-state index in [0.717, 1.165) is 10.1 Å². The molecule has 1 aliphatic heterocycles. The van der Waals surface area contributed by atoms with Crippen molar-refractivity contribution in [3.8, 4) is 22.9 Å². The molecule has 0 aliphatic carbocycles. The van der Waals surface area contributed by atoms with Crippen LogP contribution in [0.3, 0.4) is 0 Å². The lowest BCUT2D eigenvalue weighted by Crippen LogP contribution is -2.37. The van der Waals surface area contributed by atoms with E-state index in [0.29, 0.717) is 28.5 Å². The minimum atomic E-state index is -0.494. The molecular formula is C24H25FN4O4. The van der Waals surface area contributed by atoms with E-state index >= 15 is 0 Å². The van der Waals surface area contributed by atoms with Crippen molar-refractivity contribution in [1.82, 2.24) is 18.7 Å². The Morgan fingerprint density at radius 1 is 1.03 bits per heavy atom. The summed E-state index contributed by atoms with van der Waals surface area (Å²) < 4.78 is 29.5. The van der Waals surface area contributed by atoms with Gasteiger partial charge in [0.05, 0.1) is 6.54 Å². The van der Waals surface area contributed by atoms with Crippen molar-refractivity contribution < 1.29 is 13.9 Å². The summed E-state index contributed by atoms with van der Waals surface area (Å²) in [6, 6.07) is 10.1. The third-order valence-electron chi connectivity index (χ3n) is 5.65. The first-order chi connectivity index (χ1) is 15.9. The third kappa shape index (κ3) is 3.59. The summed E-state index contributed by atoms with van der Waals surface area (Å²) in [5, 5.41) is 0. The van der Waals surface area contributed by atoms with Crippen LogP contribution in [0.5, 0.6) is 11.5 Å². The number of benzene rings is 2. The van der Waals surface area contributed by atoms with Gasteiger partial charge in [-0.15, -0.1) is 0 Å². The highest BCUT2D eigenvalue weighted by atomic mass is 19.1. The van der Waals surface area contributed by atoms with Crippen molar-refractivity contribution >= 4 is 11.2 Å². The Morgan fingerprint density at radius 3 is 2.48 bits per heavy atom. The third-order valence-corrected chi connectivity index (χ3v) is 5.65. The van der Waals surface area contributed by atoms with Gasteiger partial charge in [0.1, 0.15) is 11.6 Å². The van der Waals surface area contributed by atoms with Gasteiger partial charge in [0.2, 0.25) is 6.79 Å². The zero-order valence-electron chi connectivity index (χ0n) is 19.2. The molecule has 0 atom stereocenters. The summed E-state index contributed by atoms with van der Waals surface area (Å²) in [6.07, 6.45) is 0. The molecule has 9 heteroatoms. The second kappa shape index (κ2) is 8.57. The lowest BCUT2D eigenvalue weighted by molar-refractivity contribution is 0.174. The molecule has 3 heterocycles. The topological polar surface area (TPSA) is 80.3 Å². The van der Waals surface area contributed by atoms with Crippen molar-refractivity contribution in [3.63, 3.8) is 0 Å². The predicted molar refractivity (Wildman–Crippen MR) is 123 cm³/mol. The van der Waals surface area contributed by atoms with E-state index in [2.05, 4.69) is 4.98 Å². The molecule has 0 amide bonds. The van der Waals surface area contributed by atoms with Gasteiger partial charge in [0.15, 0.2) is 22.7 Å². The fraction of sp³-hybridized carbons (Fsp3) is 0.292. The molecule has 2 aromatic carbocycles. The quantitative estimate of drug-likeness (QED) is 0.476. The Balaban J connectivity index is 0.00000126. The maximum atomic E-state index is 14.7. The van der Waals surface area contributed by atoms with Crippen LogP contribution in [0.2, 0.25) is 0 Å². The molecule has 2 aromatic heterocycles. The molecule has 8 nitrogen and oxygen atoms in total. The molecule has 0 N–H and O–H groups in total. The Kier molecular flexibility index (Phi) is 5.80. The molecule has 0 saturated carbocycles. The van der Waals surface area contributed by atoms with Crippen molar-refractivity contribution in [2.24, 2.45) is 14.1 Å². The molecule has 1 aliphatic rings. The smallest absolute Gasteiger partial charge is 0.332 e. The highest BCUT2D eigenvalue weighted by Gasteiger charge is 2.23. The zero-order chi connectivity index (χ0) is 23.9. The van der Waals surface area contributed by atoms with Gasteiger partial charge >= 0.3 is 5.69 Å². The number of aromatic nitrogens is 4. The van der Waals surface area contributed by atoms with Crippen molar-refractivity contribution in [1.29, 1.82) is 0 Å². The standard InChI is InChI=1S/C22H19FN4O4.C2H6/c1-12-5-4-6-15(23)14(12)10-27-18-20(25(2)22(29)26(3)21(18)28)24-19(27)13-7-8-16-17(9-13)31-11-30-16;1-2/h4-9H,10-11H2,1-3H3;1-2H3. The average molecular weight is 452 g/mol. The van der Waals surface area contributed by atoms with Crippen LogP contribution in [-0.4, -0.2) is 25.5 Å². The molecule has 0 radical (unpaired) electrons.